The molecule has 3 nitrogen and oxygen atoms in total. The zero-order valence-corrected chi connectivity index (χ0v) is 11.4. The molecule has 2 unspecified atom stereocenters. The molecule has 2 atom stereocenters. The van der Waals surface area contributed by atoms with Gasteiger partial charge in [0, 0.05) is 24.8 Å². The summed E-state index contributed by atoms with van der Waals surface area (Å²) in [6.07, 6.45) is 5.10. The van der Waals surface area contributed by atoms with Gasteiger partial charge in [0.1, 0.15) is 5.82 Å². The van der Waals surface area contributed by atoms with E-state index in [1.54, 1.807) is 12.3 Å². The maximum Gasteiger partial charge on any atom is 0.147 e. The second kappa shape index (κ2) is 5.42. The van der Waals surface area contributed by atoms with Gasteiger partial charge < -0.3 is 10.6 Å². The SMILES string of the molecule is CC1CCCC(CN)N1c1ncc(Cl)cc1Cl. The van der Waals surface area contributed by atoms with Crippen LogP contribution in [0.15, 0.2) is 12.3 Å². The maximum atomic E-state index is 6.22. The largest absolute Gasteiger partial charge is 0.348 e. The van der Waals surface area contributed by atoms with Gasteiger partial charge in [0.25, 0.3) is 0 Å². The number of pyridine rings is 1. The predicted octanol–water partition coefficient (Wildman–Crippen LogP) is 3.09. The molecule has 1 fully saturated rings. The van der Waals surface area contributed by atoms with Crippen LogP contribution in [-0.2, 0) is 0 Å². The van der Waals surface area contributed by atoms with Crippen molar-refractivity contribution in [2.45, 2.75) is 38.3 Å². The molecule has 17 heavy (non-hydrogen) atoms. The van der Waals surface area contributed by atoms with Crippen molar-refractivity contribution in [3.8, 4) is 0 Å². The van der Waals surface area contributed by atoms with Crippen LogP contribution in [0.4, 0.5) is 5.82 Å². The first kappa shape index (κ1) is 12.9. The number of rotatable bonds is 2. The van der Waals surface area contributed by atoms with E-state index in [0.717, 1.165) is 18.7 Å². The smallest absolute Gasteiger partial charge is 0.147 e. The molecule has 1 aromatic rings. The summed E-state index contributed by atoms with van der Waals surface area (Å²) in [5.41, 5.74) is 5.83. The summed E-state index contributed by atoms with van der Waals surface area (Å²) in [5.74, 6) is 0.804. The van der Waals surface area contributed by atoms with Crippen molar-refractivity contribution in [2.24, 2.45) is 5.73 Å². The molecule has 0 amide bonds. The molecular formula is C12H17Cl2N3. The van der Waals surface area contributed by atoms with Crippen LogP contribution in [0.1, 0.15) is 26.2 Å². The third-order valence-corrected chi connectivity index (χ3v) is 3.82. The Hall–Kier alpha value is -0.510. The van der Waals surface area contributed by atoms with Gasteiger partial charge in [0.05, 0.1) is 10.0 Å². The third kappa shape index (κ3) is 2.67. The van der Waals surface area contributed by atoms with Crippen molar-refractivity contribution >= 4 is 29.0 Å². The van der Waals surface area contributed by atoms with Crippen LogP contribution >= 0.6 is 23.2 Å². The minimum absolute atomic E-state index is 0.324. The second-order valence-electron chi connectivity index (χ2n) is 4.54. The number of nitrogens with zero attached hydrogens (tertiary/aromatic N) is 2. The zero-order chi connectivity index (χ0) is 12.4. The molecule has 0 radical (unpaired) electrons. The Kier molecular flexibility index (Phi) is 4.13. The van der Waals surface area contributed by atoms with E-state index in [1.165, 1.54) is 6.42 Å². The maximum absolute atomic E-state index is 6.22. The molecular weight excluding hydrogens is 257 g/mol. The van der Waals surface area contributed by atoms with Gasteiger partial charge in [-0.3, -0.25) is 0 Å². The van der Waals surface area contributed by atoms with Gasteiger partial charge in [0.2, 0.25) is 0 Å². The van der Waals surface area contributed by atoms with E-state index in [4.69, 9.17) is 28.9 Å². The molecule has 2 N–H and O–H groups in total. The lowest BCUT2D eigenvalue weighted by molar-refractivity contribution is 0.398. The number of halogens is 2. The lowest BCUT2D eigenvalue weighted by atomic mass is 9.96. The monoisotopic (exact) mass is 273 g/mol. The molecule has 0 bridgehead atoms. The van der Waals surface area contributed by atoms with E-state index >= 15 is 0 Å². The number of aromatic nitrogens is 1. The first-order chi connectivity index (χ1) is 8.13. The van der Waals surface area contributed by atoms with Crippen molar-refractivity contribution in [3.63, 3.8) is 0 Å². The molecule has 1 aliphatic heterocycles. The Morgan fingerprint density at radius 3 is 2.88 bits per heavy atom. The molecule has 2 rings (SSSR count). The van der Waals surface area contributed by atoms with E-state index in [-0.39, 0.29) is 0 Å². The minimum atomic E-state index is 0.324. The quantitative estimate of drug-likeness (QED) is 0.901. The van der Waals surface area contributed by atoms with Gasteiger partial charge in [-0.2, -0.15) is 0 Å². The second-order valence-corrected chi connectivity index (χ2v) is 5.38. The summed E-state index contributed by atoms with van der Waals surface area (Å²) in [4.78, 5) is 6.59. The third-order valence-electron chi connectivity index (χ3n) is 3.33. The highest BCUT2D eigenvalue weighted by molar-refractivity contribution is 6.36. The average molecular weight is 274 g/mol. The van der Waals surface area contributed by atoms with Crippen LogP contribution < -0.4 is 10.6 Å². The molecule has 94 valence electrons. The summed E-state index contributed by atoms with van der Waals surface area (Å²) in [6.45, 7) is 2.82. The van der Waals surface area contributed by atoms with Gasteiger partial charge in [-0.15, -0.1) is 0 Å². The number of anilines is 1. The summed E-state index contributed by atoms with van der Waals surface area (Å²) < 4.78 is 0. The molecule has 2 heterocycles. The number of piperidine rings is 1. The van der Waals surface area contributed by atoms with Crippen molar-refractivity contribution in [1.82, 2.24) is 4.98 Å². The first-order valence-electron chi connectivity index (χ1n) is 5.93. The van der Waals surface area contributed by atoms with Gasteiger partial charge in [-0.05, 0) is 32.3 Å². The Morgan fingerprint density at radius 2 is 2.24 bits per heavy atom. The van der Waals surface area contributed by atoms with E-state index in [2.05, 4.69) is 16.8 Å². The lowest BCUT2D eigenvalue weighted by Crippen LogP contribution is -2.49. The van der Waals surface area contributed by atoms with Crippen LogP contribution in [0.5, 0.6) is 0 Å². The summed E-state index contributed by atoms with van der Waals surface area (Å²) in [7, 11) is 0. The van der Waals surface area contributed by atoms with Crippen molar-refractivity contribution < 1.29 is 0 Å². The van der Waals surface area contributed by atoms with Crippen LogP contribution in [0, 0.1) is 0 Å². The van der Waals surface area contributed by atoms with Crippen molar-refractivity contribution in [3.05, 3.63) is 22.3 Å². The molecule has 1 aromatic heterocycles. The highest BCUT2D eigenvalue weighted by Gasteiger charge is 2.29. The van der Waals surface area contributed by atoms with Crippen LogP contribution in [-0.4, -0.2) is 23.6 Å². The fourth-order valence-electron chi connectivity index (χ4n) is 2.50. The van der Waals surface area contributed by atoms with E-state index in [9.17, 15) is 0 Å². The predicted molar refractivity (Wildman–Crippen MR) is 72.9 cm³/mol. The van der Waals surface area contributed by atoms with Crippen LogP contribution in [0.3, 0.4) is 0 Å². The first-order valence-corrected chi connectivity index (χ1v) is 6.68. The Labute approximate surface area is 112 Å². The molecule has 0 saturated carbocycles. The van der Waals surface area contributed by atoms with Gasteiger partial charge in [0.15, 0.2) is 0 Å². The Balaban J connectivity index is 2.34. The van der Waals surface area contributed by atoms with Crippen molar-refractivity contribution in [2.75, 3.05) is 11.4 Å². The number of hydrogen-bond acceptors (Lipinski definition) is 3. The highest BCUT2D eigenvalue weighted by Crippen LogP contribution is 2.33. The topological polar surface area (TPSA) is 42.1 Å². The molecule has 1 saturated heterocycles. The summed E-state index contributed by atoms with van der Waals surface area (Å²) >= 11 is 12.1. The fraction of sp³-hybridized carbons (Fsp3) is 0.583. The molecule has 0 aromatic carbocycles. The number of nitrogens with two attached hydrogens (primary N) is 1. The summed E-state index contributed by atoms with van der Waals surface area (Å²) in [5, 5.41) is 1.16. The summed E-state index contributed by atoms with van der Waals surface area (Å²) in [6, 6.07) is 2.48. The van der Waals surface area contributed by atoms with E-state index < -0.39 is 0 Å². The van der Waals surface area contributed by atoms with E-state index in [1.807, 2.05) is 0 Å². The minimum Gasteiger partial charge on any atom is -0.348 e. The lowest BCUT2D eigenvalue weighted by Gasteiger charge is -2.41. The average Bonchev–Trinajstić information content (AvgIpc) is 2.30. The molecule has 0 aliphatic carbocycles. The molecule has 1 aliphatic rings. The van der Waals surface area contributed by atoms with Crippen LogP contribution in [0.2, 0.25) is 10.0 Å². The van der Waals surface area contributed by atoms with E-state index in [0.29, 0.717) is 28.7 Å². The molecule has 5 heteroatoms. The van der Waals surface area contributed by atoms with Crippen LogP contribution in [0.25, 0.3) is 0 Å². The molecule has 0 spiro atoms. The van der Waals surface area contributed by atoms with Crippen molar-refractivity contribution in [1.29, 1.82) is 0 Å². The Bertz CT molecular complexity index is 397. The normalized spacial score (nSPS) is 25.1. The fourth-order valence-corrected chi connectivity index (χ4v) is 2.98. The van der Waals surface area contributed by atoms with Gasteiger partial charge in [-0.25, -0.2) is 4.98 Å². The zero-order valence-electron chi connectivity index (χ0n) is 9.87. The Morgan fingerprint density at radius 1 is 1.47 bits per heavy atom. The van der Waals surface area contributed by atoms with Gasteiger partial charge in [-0.1, -0.05) is 23.2 Å². The number of hydrogen-bond donors (Lipinski definition) is 1. The van der Waals surface area contributed by atoms with Gasteiger partial charge >= 0.3 is 0 Å². The standard InChI is InChI=1S/C12H17Cl2N3/c1-8-3-2-4-10(6-15)17(8)12-11(14)5-9(13)7-16-12/h5,7-8,10H,2-4,6,15H2,1H3. The highest BCUT2D eigenvalue weighted by atomic mass is 35.5.